The number of hydrogen-bond acceptors (Lipinski definition) is 3. The number of hydrogen-bond donors (Lipinski definition) is 1. The first kappa shape index (κ1) is 19.8. The predicted octanol–water partition coefficient (Wildman–Crippen LogP) is 5.56. The van der Waals surface area contributed by atoms with E-state index >= 15 is 0 Å². The third-order valence-electron chi connectivity index (χ3n) is 4.89. The van der Waals surface area contributed by atoms with Gasteiger partial charge >= 0.3 is 0 Å². The molecule has 0 aliphatic heterocycles. The zero-order valence-electron chi connectivity index (χ0n) is 16.7. The Morgan fingerprint density at radius 3 is 2.26 bits per heavy atom. The molecule has 0 atom stereocenters. The number of benzene rings is 4. The molecule has 0 aliphatic carbocycles. The van der Waals surface area contributed by atoms with Crippen LogP contribution in [-0.4, -0.2) is 12.1 Å². The Kier molecular flexibility index (Phi) is 5.97. The lowest BCUT2D eigenvalue weighted by Crippen LogP contribution is -2.19. The minimum atomic E-state index is -0.550. The van der Waals surface area contributed by atoms with E-state index in [4.69, 9.17) is 0 Å². The van der Waals surface area contributed by atoms with Crippen molar-refractivity contribution in [2.45, 2.75) is 0 Å². The van der Waals surface area contributed by atoms with E-state index in [9.17, 15) is 10.1 Å². The van der Waals surface area contributed by atoms with E-state index in [0.717, 1.165) is 33.0 Å². The predicted molar refractivity (Wildman–Crippen MR) is 125 cm³/mol. The van der Waals surface area contributed by atoms with Gasteiger partial charge in [-0.3, -0.25) is 4.79 Å². The summed E-state index contributed by atoms with van der Waals surface area (Å²) >= 11 is 0. The van der Waals surface area contributed by atoms with E-state index in [-0.39, 0.29) is 5.57 Å². The van der Waals surface area contributed by atoms with E-state index in [1.807, 2.05) is 103 Å². The van der Waals surface area contributed by atoms with Gasteiger partial charge < -0.3 is 0 Å². The Hall–Kier alpha value is -4.49. The van der Waals surface area contributed by atoms with Crippen LogP contribution in [0, 0.1) is 11.3 Å². The summed E-state index contributed by atoms with van der Waals surface area (Å²) in [6, 6.07) is 33.5. The van der Waals surface area contributed by atoms with Gasteiger partial charge in [-0.15, -0.1) is 0 Å². The number of nitrogens with one attached hydrogen (secondary N) is 1. The Labute approximate surface area is 180 Å². The molecule has 31 heavy (non-hydrogen) atoms. The Morgan fingerprint density at radius 1 is 0.806 bits per heavy atom. The quantitative estimate of drug-likeness (QED) is 0.206. The molecule has 0 aromatic heterocycles. The van der Waals surface area contributed by atoms with E-state index < -0.39 is 5.91 Å². The second-order valence-corrected chi connectivity index (χ2v) is 6.93. The molecule has 4 aromatic carbocycles. The van der Waals surface area contributed by atoms with Crippen LogP contribution in [0.5, 0.6) is 0 Å². The summed E-state index contributed by atoms with van der Waals surface area (Å²) < 4.78 is 0. The summed E-state index contributed by atoms with van der Waals surface area (Å²) in [5.74, 6) is -0.550. The molecule has 0 aliphatic rings. The van der Waals surface area contributed by atoms with Gasteiger partial charge in [-0.25, -0.2) is 5.43 Å². The first-order valence-corrected chi connectivity index (χ1v) is 9.83. The first-order valence-electron chi connectivity index (χ1n) is 9.83. The van der Waals surface area contributed by atoms with Crippen LogP contribution in [0.4, 0.5) is 0 Å². The number of rotatable bonds is 5. The van der Waals surface area contributed by atoms with Gasteiger partial charge in [0.1, 0.15) is 11.6 Å². The van der Waals surface area contributed by atoms with Crippen LogP contribution in [0.25, 0.3) is 28.0 Å². The minimum Gasteiger partial charge on any atom is -0.267 e. The maximum Gasteiger partial charge on any atom is 0.282 e. The van der Waals surface area contributed by atoms with Gasteiger partial charge in [-0.2, -0.15) is 10.4 Å². The largest absolute Gasteiger partial charge is 0.282 e. The van der Waals surface area contributed by atoms with Crippen molar-refractivity contribution in [1.82, 2.24) is 5.43 Å². The van der Waals surface area contributed by atoms with Crippen molar-refractivity contribution in [2.75, 3.05) is 0 Å². The van der Waals surface area contributed by atoms with Crippen molar-refractivity contribution in [3.63, 3.8) is 0 Å². The second-order valence-electron chi connectivity index (χ2n) is 6.93. The highest BCUT2D eigenvalue weighted by molar-refractivity contribution is 6.03. The van der Waals surface area contributed by atoms with Gasteiger partial charge in [0.15, 0.2) is 0 Å². The molecule has 4 aromatic rings. The standard InChI is InChI=1S/C27H19N3O/c28-18-25(17-20-13-15-22(16-14-20)21-7-2-1-3-8-21)27(31)30-29-19-24-11-6-10-23-9-4-5-12-26(23)24/h1-17,19H,(H,30,31)/b25-17+,29-19-. The van der Waals surface area contributed by atoms with E-state index in [1.54, 1.807) is 12.3 Å². The molecule has 0 saturated heterocycles. The zero-order valence-corrected chi connectivity index (χ0v) is 16.7. The number of carbonyl (C=O) groups excluding carboxylic acids is 1. The molecule has 0 bridgehead atoms. The highest BCUT2D eigenvalue weighted by Crippen LogP contribution is 2.20. The average molecular weight is 401 g/mol. The molecular weight excluding hydrogens is 382 g/mol. The van der Waals surface area contributed by atoms with Crippen LogP contribution in [-0.2, 0) is 4.79 Å². The summed E-state index contributed by atoms with van der Waals surface area (Å²) in [4.78, 5) is 12.4. The minimum absolute atomic E-state index is 0.0115. The number of nitriles is 1. The molecule has 4 heteroatoms. The second kappa shape index (κ2) is 9.34. The number of amides is 1. The molecule has 0 unspecified atom stereocenters. The molecule has 0 saturated carbocycles. The molecule has 1 amide bonds. The van der Waals surface area contributed by atoms with Crippen LogP contribution in [0.1, 0.15) is 11.1 Å². The fourth-order valence-corrected chi connectivity index (χ4v) is 3.30. The smallest absolute Gasteiger partial charge is 0.267 e. The third-order valence-corrected chi connectivity index (χ3v) is 4.89. The summed E-state index contributed by atoms with van der Waals surface area (Å²) in [6.07, 6.45) is 3.14. The van der Waals surface area contributed by atoms with Gasteiger partial charge in [-0.05, 0) is 33.5 Å². The van der Waals surface area contributed by atoms with Crippen molar-refractivity contribution in [3.8, 4) is 17.2 Å². The molecular formula is C27H19N3O. The molecule has 148 valence electrons. The number of hydrazone groups is 1. The third kappa shape index (κ3) is 4.75. The number of nitrogens with zero attached hydrogens (tertiary/aromatic N) is 2. The number of carbonyl (C=O) groups is 1. The normalized spacial score (nSPS) is 11.4. The van der Waals surface area contributed by atoms with Gasteiger partial charge in [-0.1, -0.05) is 97.1 Å². The lowest BCUT2D eigenvalue weighted by atomic mass is 10.0. The molecule has 0 heterocycles. The van der Waals surface area contributed by atoms with E-state index in [2.05, 4.69) is 10.5 Å². The van der Waals surface area contributed by atoms with Crippen LogP contribution in [0.15, 0.2) is 108 Å². The monoisotopic (exact) mass is 401 g/mol. The van der Waals surface area contributed by atoms with Crippen LogP contribution in [0.3, 0.4) is 0 Å². The Balaban J connectivity index is 1.47. The zero-order chi connectivity index (χ0) is 21.5. The summed E-state index contributed by atoms with van der Waals surface area (Å²) in [5, 5.41) is 15.6. The van der Waals surface area contributed by atoms with E-state index in [1.165, 1.54) is 0 Å². The van der Waals surface area contributed by atoms with Crippen LogP contribution < -0.4 is 5.43 Å². The van der Waals surface area contributed by atoms with Crippen molar-refractivity contribution >= 4 is 29.0 Å². The van der Waals surface area contributed by atoms with Crippen LogP contribution >= 0.6 is 0 Å². The lowest BCUT2D eigenvalue weighted by Gasteiger charge is -2.03. The topological polar surface area (TPSA) is 65.2 Å². The molecule has 4 nitrogen and oxygen atoms in total. The number of fused-ring (bicyclic) bond motifs is 1. The highest BCUT2D eigenvalue weighted by atomic mass is 16.2. The Bertz CT molecular complexity index is 1310. The maximum absolute atomic E-state index is 12.4. The van der Waals surface area contributed by atoms with Gasteiger partial charge in [0.2, 0.25) is 0 Å². The fraction of sp³-hybridized carbons (Fsp3) is 0. The van der Waals surface area contributed by atoms with Crippen molar-refractivity contribution in [1.29, 1.82) is 5.26 Å². The summed E-state index contributed by atoms with van der Waals surface area (Å²) in [7, 11) is 0. The lowest BCUT2D eigenvalue weighted by molar-refractivity contribution is -0.117. The Morgan fingerprint density at radius 2 is 1.48 bits per heavy atom. The van der Waals surface area contributed by atoms with E-state index in [0.29, 0.717) is 0 Å². The van der Waals surface area contributed by atoms with Crippen molar-refractivity contribution in [3.05, 3.63) is 114 Å². The maximum atomic E-state index is 12.4. The molecule has 1 N–H and O–H groups in total. The first-order chi connectivity index (χ1) is 15.2. The molecule has 0 radical (unpaired) electrons. The highest BCUT2D eigenvalue weighted by Gasteiger charge is 2.08. The van der Waals surface area contributed by atoms with Crippen LogP contribution in [0.2, 0.25) is 0 Å². The SMILES string of the molecule is N#C/C(=C\c1ccc(-c2ccccc2)cc1)C(=O)N/N=C\c1cccc2ccccc12. The van der Waals surface area contributed by atoms with Crippen molar-refractivity contribution in [2.24, 2.45) is 5.10 Å². The van der Waals surface area contributed by atoms with Gasteiger partial charge in [0.05, 0.1) is 6.21 Å². The van der Waals surface area contributed by atoms with Crippen molar-refractivity contribution < 1.29 is 4.79 Å². The van der Waals surface area contributed by atoms with Gasteiger partial charge in [0.25, 0.3) is 5.91 Å². The molecule has 0 fully saturated rings. The summed E-state index contributed by atoms with van der Waals surface area (Å²) in [6.45, 7) is 0. The fourth-order valence-electron chi connectivity index (χ4n) is 3.30. The molecule has 0 spiro atoms. The molecule has 4 rings (SSSR count). The average Bonchev–Trinajstić information content (AvgIpc) is 2.83. The van der Waals surface area contributed by atoms with Gasteiger partial charge in [0, 0.05) is 5.56 Å². The summed E-state index contributed by atoms with van der Waals surface area (Å²) in [5.41, 5.74) is 6.27.